The van der Waals surface area contributed by atoms with Gasteiger partial charge in [-0.15, -0.1) is 0 Å². The Morgan fingerprint density at radius 2 is 2.00 bits per heavy atom. The summed E-state index contributed by atoms with van der Waals surface area (Å²) in [6.45, 7) is 11.4. The van der Waals surface area contributed by atoms with E-state index in [2.05, 4.69) is 58.5 Å². The molecule has 1 amide bonds. The summed E-state index contributed by atoms with van der Waals surface area (Å²) >= 11 is 0. The number of nitrogens with zero attached hydrogens (tertiary/aromatic N) is 3. The summed E-state index contributed by atoms with van der Waals surface area (Å²) in [5, 5.41) is 6.19. The van der Waals surface area contributed by atoms with Crippen LogP contribution in [0.25, 0.3) is 0 Å². The SMILES string of the molecule is CCNC(=NCc1cccc(CN2CCOC(C)C2)c1)N1CCC(CC(=O)NC)CC1. The van der Waals surface area contributed by atoms with Crippen molar-refractivity contribution in [3.05, 3.63) is 35.4 Å². The van der Waals surface area contributed by atoms with Gasteiger partial charge in [0.15, 0.2) is 5.96 Å². The maximum absolute atomic E-state index is 11.7. The molecule has 7 heteroatoms. The summed E-state index contributed by atoms with van der Waals surface area (Å²) in [5.74, 6) is 1.59. The van der Waals surface area contributed by atoms with Gasteiger partial charge in [-0.2, -0.15) is 0 Å². The van der Waals surface area contributed by atoms with Gasteiger partial charge in [-0.1, -0.05) is 24.3 Å². The first-order valence-corrected chi connectivity index (χ1v) is 11.7. The summed E-state index contributed by atoms with van der Waals surface area (Å²) in [5.41, 5.74) is 2.57. The molecule has 0 saturated carbocycles. The molecule has 0 aliphatic carbocycles. The van der Waals surface area contributed by atoms with Gasteiger partial charge in [0.05, 0.1) is 19.3 Å². The van der Waals surface area contributed by atoms with Crippen LogP contribution < -0.4 is 10.6 Å². The van der Waals surface area contributed by atoms with Gasteiger partial charge < -0.3 is 20.3 Å². The summed E-state index contributed by atoms with van der Waals surface area (Å²) in [4.78, 5) is 21.4. The van der Waals surface area contributed by atoms with Crippen molar-refractivity contribution < 1.29 is 9.53 Å². The van der Waals surface area contributed by atoms with Gasteiger partial charge in [-0.05, 0) is 43.7 Å². The fourth-order valence-electron chi connectivity index (χ4n) is 4.42. The third-order valence-electron chi connectivity index (χ3n) is 6.14. The number of amides is 1. The zero-order chi connectivity index (χ0) is 22.1. The van der Waals surface area contributed by atoms with E-state index in [0.29, 0.717) is 25.0 Å². The minimum Gasteiger partial charge on any atom is -0.376 e. The zero-order valence-electron chi connectivity index (χ0n) is 19.4. The Kier molecular flexibility index (Phi) is 9.15. The summed E-state index contributed by atoms with van der Waals surface area (Å²) in [6.07, 6.45) is 3.01. The first kappa shape index (κ1) is 23.5. The van der Waals surface area contributed by atoms with Crippen LogP contribution in [0.5, 0.6) is 0 Å². The topological polar surface area (TPSA) is 69.2 Å². The number of morpholine rings is 1. The molecule has 2 N–H and O–H groups in total. The largest absolute Gasteiger partial charge is 0.376 e. The predicted octanol–water partition coefficient (Wildman–Crippen LogP) is 2.22. The highest BCUT2D eigenvalue weighted by molar-refractivity contribution is 5.80. The lowest BCUT2D eigenvalue weighted by Crippen LogP contribution is -2.46. The molecule has 31 heavy (non-hydrogen) atoms. The molecule has 0 radical (unpaired) electrons. The molecule has 2 aliphatic rings. The fraction of sp³-hybridized carbons (Fsp3) is 0.667. The van der Waals surface area contributed by atoms with Gasteiger partial charge in [0.2, 0.25) is 5.91 Å². The third kappa shape index (κ3) is 7.51. The normalized spacial score (nSPS) is 21.2. The number of carbonyl (C=O) groups excluding carboxylic acids is 1. The van der Waals surface area contributed by atoms with Crippen LogP contribution in [0, 0.1) is 5.92 Å². The molecule has 1 atom stereocenters. The van der Waals surface area contributed by atoms with E-state index < -0.39 is 0 Å². The average molecular weight is 430 g/mol. The van der Waals surface area contributed by atoms with E-state index >= 15 is 0 Å². The van der Waals surface area contributed by atoms with Crippen LogP contribution in [-0.2, 0) is 22.6 Å². The van der Waals surface area contributed by atoms with Crippen LogP contribution in [0.1, 0.15) is 44.2 Å². The maximum Gasteiger partial charge on any atom is 0.220 e. The lowest BCUT2D eigenvalue weighted by Gasteiger charge is -2.34. The van der Waals surface area contributed by atoms with Crippen LogP contribution in [0.15, 0.2) is 29.3 Å². The van der Waals surface area contributed by atoms with Crippen molar-refractivity contribution in [3.63, 3.8) is 0 Å². The molecule has 2 aliphatic heterocycles. The number of rotatable bonds is 7. The van der Waals surface area contributed by atoms with Crippen LogP contribution in [-0.4, -0.2) is 74.1 Å². The number of piperidine rings is 1. The Morgan fingerprint density at radius 1 is 1.23 bits per heavy atom. The smallest absolute Gasteiger partial charge is 0.220 e. The van der Waals surface area contributed by atoms with Crippen LogP contribution in [0.3, 0.4) is 0 Å². The molecule has 172 valence electrons. The molecule has 1 aromatic rings. The Labute approximate surface area is 187 Å². The molecule has 1 unspecified atom stereocenters. The molecule has 0 bridgehead atoms. The van der Waals surface area contributed by atoms with Crippen LogP contribution >= 0.6 is 0 Å². The third-order valence-corrected chi connectivity index (χ3v) is 6.14. The van der Waals surface area contributed by atoms with Gasteiger partial charge in [0.25, 0.3) is 0 Å². The standard InChI is InChI=1S/C24H39N5O2/c1-4-26-24(29-10-8-20(9-11-29)15-23(30)25-3)27-16-21-6-5-7-22(14-21)18-28-12-13-31-19(2)17-28/h5-7,14,19-20H,4,8-13,15-18H2,1-3H3,(H,25,30)(H,26,27). The van der Waals surface area contributed by atoms with E-state index in [4.69, 9.17) is 9.73 Å². The number of hydrogen-bond donors (Lipinski definition) is 2. The lowest BCUT2D eigenvalue weighted by molar-refractivity contribution is -0.121. The average Bonchev–Trinajstić information content (AvgIpc) is 2.77. The second-order valence-corrected chi connectivity index (χ2v) is 8.71. The van der Waals surface area contributed by atoms with Crippen molar-refractivity contribution in [2.24, 2.45) is 10.9 Å². The second-order valence-electron chi connectivity index (χ2n) is 8.71. The van der Waals surface area contributed by atoms with Crippen molar-refractivity contribution in [1.82, 2.24) is 20.4 Å². The Balaban J connectivity index is 1.56. The highest BCUT2D eigenvalue weighted by Gasteiger charge is 2.23. The number of guanidine groups is 1. The molecule has 1 aromatic carbocycles. The zero-order valence-corrected chi connectivity index (χ0v) is 19.4. The van der Waals surface area contributed by atoms with Crippen molar-refractivity contribution in [2.75, 3.05) is 46.4 Å². The van der Waals surface area contributed by atoms with Crippen LogP contribution in [0.4, 0.5) is 0 Å². The van der Waals surface area contributed by atoms with Crippen molar-refractivity contribution in [3.8, 4) is 0 Å². The predicted molar refractivity (Wildman–Crippen MR) is 125 cm³/mol. The van der Waals surface area contributed by atoms with Gasteiger partial charge in [-0.3, -0.25) is 9.69 Å². The van der Waals surface area contributed by atoms with E-state index in [9.17, 15) is 4.79 Å². The molecule has 0 spiro atoms. The molecule has 2 saturated heterocycles. The molecular weight excluding hydrogens is 390 g/mol. The number of likely N-dealkylation sites (tertiary alicyclic amines) is 1. The number of benzene rings is 1. The molecule has 0 aromatic heterocycles. The number of ether oxygens (including phenoxy) is 1. The minimum absolute atomic E-state index is 0.144. The van der Waals surface area contributed by atoms with Gasteiger partial charge in [0.1, 0.15) is 0 Å². The molecule has 3 rings (SSSR count). The monoisotopic (exact) mass is 429 g/mol. The minimum atomic E-state index is 0.144. The van der Waals surface area contributed by atoms with E-state index in [0.717, 1.165) is 64.7 Å². The van der Waals surface area contributed by atoms with E-state index in [1.165, 1.54) is 11.1 Å². The van der Waals surface area contributed by atoms with Gasteiger partial charge in [0, 0.05) is 52.7 Å². The molecule has 7 nitrogen and oxygen atoms in total. The number of nitrogens with one attached hydrogen (secondary N) is 2. The highest BCUT2D eigenvalue weighted by Crippen LogP contribution is 2.21. The first-order valence-electron chi connectivity index (χ1n) is 11.7. The van der Waals surface area contributed by atoms with Crippen molar-refractivity contribution in [2.45, 2.75) is 52.3 Å². The van der Waals surface area contributed by atoms with Crippen molar-refractivity contribution >= 4 is 11.9 Å². The van der Waals surface area contributed by atoms with Gasteiger partial charge >= 0.3 is 0 Å². The van der Waals surface area contributed by atoms with Gasteiger partial charge in [-0.25, -0.2) is 4.99 Å². The molecule has 2 heterocycles. The fourth-order valence-corrected chi connectivity index (χ4v) is 4.42. The van der Waals surface area contributed by atoms with Crippen molar-refractivity contribution in [1.29, 1.82) is 0 Å². The number of carbonyl (C=O) groups is 1. The second kappa shape index (κ2) is 12.1. The quantitative estimate of drug-likeness (QED) is 0.514. The number of aliphatic imine (C=N–C) groups is 1. The summed E-state index contributed by atoms with van der Waals surface area (Å²) < 4.78 is 5.66. The Bertz CT molecular complexity index is 730. The first-order chi connectivity index (χ1) is 15.1. The number of hydrogen-bond acceptors (Lipinski definition) is 4. The maximum atomic E-state index is 11.7. The Morgan fingerprint density at radius 3 is 2.71 bits per heavy atom. The van der Waals surface area contributed by atoms with Crippen LogP contribution in [0.2, 0.25) is 0 Å². The summed E-state index contributed by atoms with van der Waals surface area (Å²) in [7, 11) is 1.71. The highest BCUT2D eigenvalue weighted by atomic mass is 16.5. The van der Waals surface area contributed by atoms with E-state index in [-0.39, 0.29) is 5.91 Å². The summed E-state index contributed by atoms with van der Waals surface area (Å²) in [6, 6.07) is 8.79. The lowest BCUT2D eigenvalue weighted by atomic mass is 9.93. The van der Waals surface area contributed by atoms with E-state index in [1.807, 2.05) is 0 Å². The van der Waals surface area contributed by atoms with E-state index in [1.54, 1.807) is 7.05 Å². The Hall–Kier alpha value is -2.12. The molecule has 2 fully saturated rings. The molecular formula is C24H39N5O2.